The molecule has 3 heterocycles. The molecular weight excluding hydrogens is 463 g/mol. The summed E-state index contributed by atoms with van der Waals surface area (Å²) < 4.78 is 0. The normalized spacial score (nSPS) is 21.5. The Morgan fingerprint density at radius 3 is 2.61 bits per heavy atom. The number of likely N-dealkylation sites (tertiary alicyclic amines) is 1. The van der Waals surface area contributed by atoms with Gasteiger partial charge in [-0.1, -0.05) is 19.9 Å². The Kier molecular flexibility index (Phi) is 9.77. The van der Waals surface area contributed by atoms with E-state index in [9.17, 15) is 0 Å². The van der Waals surface area contributed by atoms with Crippen LogP contribution >= 0.6 is 24.0 Å². The van der Waals surface area contributed by atoms with Crippen LogP contribution in [0.25, 0.3) is 0 Å². The van der Waals surface area contributed by atoms with Gasteiger partial charge in [0, 0.05) is 45.5 Å². The number of aliphatic imine (C=N–C) groups is 1. The number of nitrogens with zero attached hydrogens (tertiary/aromatic N) is 4. The summed E-state index contributed by atoms with van der Waals surface area (Å²) in [5.74, 6) is 2.82. The molecule has 0 aromatic carbocycles. The van der Waals surface area contributed by atoms with Gasteiger partial charge in [0.1, 0.15) is 5.82 Å². The largest absolute Gasteiger partial charge is 0.357 e. The lowest BCUT2D eigenvalue weighted by Gasteiger charge is -2.31. The zero-order valence-electron chi connectivity index (χ0n) is 17.7. The molecule has 0 radical (unpaired) electrons. The van der Waals surface area contributed by atoms with Gasteiger partial charge in [-0.15, -0.1) is 24.0 Å². The number of likely N-dealkylation sites (N-methyl/N-ethyl adjacent to an activating group) is 1. The molecule has 3 rings (SSSR count). The summed E-state index contributed by atoms with van der Waals surface area (Å²) in [6.07, 6.45) is 7.11. The summed E-state index contributed by atoms with van der Waals surface area (Å²) in [5, 5.41) is 6.90. The fourth-order valence-electron chi connectivity index (χ4n) is 4.11. The number of piperidine rings is 1. The summed E-state index contributed by atoms with van der Waals surface area (Å²) in [5.41, 5.74) is 1.18. The van der Waals surface area contributed by atoms with Crippen molar-refractivity contribution in [1.29, 1.82) is 0 Å². The molecule has 1 aromatic rings. The molecular formula is C21H37IN6. The Hall–Kier alpha value is -1.09. The SMILES string of the molecule is CCN1CCCC1CNC(=NC)NCc1ccc(N2CCC(C)CC2)nc1.I. The first-order chi connectivity index (χ1) is 13.2. The molecule has 0 amide bonds. The Balaban J connectivity index is 0.00000280. The predicted molar refractivity (Wildman–Crippen MR) is 129 cm³/mol. The highest BCUT2D eigenvalue weighted by molar-refractivity contribution is 14.0. The number of hydrogen-bond acceptors (Lipinski definition) is 4. The quantitative estimate of drug-likeness (QED) is 0.357. The zero-order chi connectivity index (χ0) is 19.1. The summed E-state index contributed by atoms with van der Waals surface area (Å²) >= 11 is 0. The Labute approximate surface area is 187 Å². The second-order valence-electron chi connectivity index (χ2n) is 7.93. The van der Waals surface area contributed by atoms with E-state index in [4.69, 9.17) is 0 Å². The molecule has 2 saturated heterocycles. The molecule has 0 aliphatic carbocycles. The van der Waals surface area contributed by atoms with Crippen LogP contribution in [0.3, 0.4) is 0 Å². The van der Waals surface area contributed by atoms with Crippen molar-refractivity contribution in [1.82, 2.24) is 20.5 Å². The van der Waals surface area contributed by atoms with Crippen molar-refractivity contribution in [2.45, 2.75) is 52.1 Å². The summed E-state index contributed by atoms with van der Waals surface area (Å²) in [6.45, 7) is 10.9. The Bertz CT molecular complexity index is 597. The molecule has 1 aromatic heterocycles. The predicted octanol–water partition coefficient (Wildman–Crippen LogP) is 3.09. The summed E-state index contributed by atoms with van der Waals surface area (Å²) in [4.78, 5) is 14.0. The maximum absolute atomic E-state index is 4.68. The molecule has 28 heavy (non-hydrogen) atoms. The lowest BCUT2D eigenvalue weighted by atomic mass is 9.99. The van der Waals surface area contributed by atoms with E-state index in [0.717, 1.165) is 50.4 Å². The van der Waals surface area contributed by atoms with Gasteiger partial charge in [0.15, 0.2) is 5.96 Å². The van der Waals surface area contributed by atoms with Crippen LogP contribution in [-0.2, 0) is 6.54 Å². The maximum atomic E-state index is 4.68. The minimum absolute atomic E-state index is 0. The fourth-order valence-corrected chi connectivity index (χ4v) is 4.11. The van der Waals surface area contributed by atoms with E-state index < -0.39 is 0 Å². The van der Waals surface area contributed by atoms with Gasteiger partial charge in [-0.2, -0.15) is 0 Å². The molecule has 0 saturated carbocycles. The Morgan fingerprint density at radius 1 is 1.18 bits per heavy atom. The third kappa shape index (κ3) is 6.47. The summed E-state index contributed by atoms with van der Waals surface area (Å²) in [7, 11) is 1.83. The van der Waals surface area contributed by atoms with Gasteiger partial charge < -0.3 is 15.5 Å². The van der Waals surface area contributed by atoms with Gasteiger partial charge in [-0.25, -0.2) is 4.98 Å². The molecule has 7 heteroatoms. The number of nitrogens with one attached hydrogen (secondary N) is 2. The number of pyridine rings is 1. The minimum atomic E-state index is 0. The van der Waals surface area contributed by atoms with Crippen LogP contribution in [0.1, 0.15) is 45.1 Å². The lowest BCUT2D eigenvalue weighted by Crippen LogP contribution is -2.44. The van der Waals surface area contributed by atoms with Gasteiger partial charge >= 0.3 is 0 Å². The van der Waals surface area contributed by atoms with Crippen molar-refractivity contribution >= 4 is 35.8 Å². The number of aromatic nitrogens is 1. The third-order valence-electron chi connectivity index (χ3n) is 6.01. The van der Waals surface area contributed by atoms with Crippen LogP contribution in [0.5, 0.6) is 0 Å². The van der Waals surface area contributed by atoms with Crippen molar-refractivity contribution in [3.05, 3.63) is 23.9 Å². The van der Waals surface area contributed by atoms with Crippen molar-refractivity contribution in [3.8, 4) is 0 Å². The second-order valence-corrected chi connectivity index (χ2v) is 7.93. The highest BCUT2D eigenvalue weighted by Crippen LogP contribution is 2.21. The molecule has 2 N–H and O–H groups in total. The van der Waals surface area contributed by atoms with Crippen LogP contribution in [0.15, 0.2) is 23.3 Å². The van der Waals surface area contributed by atoms with Crippen molar-refractivity contribution in [2.75, 3.05) is 44.7 Å². The molecule has 2 aliphatic heterocycles. The van der Waals surface area contributed by atoms with Gasteiger partial charge in [0.2, 0.25) is 0 Å². The van der Waals surface area contributed by atoms with Crippen LogP contribution < -0.4 is 15.5 Å². The first-order valence-corrected chi connectivity index (χ1v) is 10.6. The first kappa shape index (κ1) is 23.2. The number of halogens is 1. The van der Waals surface area contributed by atoms with Crippen LogP contribution in [0.4, 0.5) is 5.82 Å². The number of anilines is 1. The van der Waals surface area contributed by atoms with E-state index in [1.54, 1.807) is 0 Å². The van der Waals surface area contributed by atoms with E-state index in [1.165, 1.54) is 37.8 Å². The van der Waals surface area contributed by atoms with Crippen LogP contribution in [-0.4, -0.2) is 61.7 Å². The van der Waals surface area contributed by atoms with E-state index >= 15 is 0 Å². The molecule has 1 unspecified atom stereocenters. The minimum Gasteiger partial charge on any atom is -0.357 e. The number of hydrogen-bond donors (Lipinski definition) is 2. The average molecular weight is 500 g/mol. The second kappa shape index (κ2) is 11.8. The molecule has 0 bridgehead atoms. The van der Waals surface area contributed by atoms with E-state index in [1.807, 2.05) is 13.2 Å². The van der Waals surface area contributed by atoms with E-state index in [2.05, 4.69) is 56.4 Å². The molecule has 2 aliphatic rings. The smallest absolute Gasteiger partial charge is 0.191 e. The van der Waals surface area contributed by atoms with Crippen molar-refractivity contribution < 1.29 is 0 Å². The van der Waals surface area contributed by atoms with Crippen LogP contribution in [0.2, 0.25) is 0 Å². The van der Waals surface area contributed by atoms with E-state index in [-0.39, 0.29) is 24.0 Å². The van der Waals surface area contributed by atoms with Crippen molar-refractivity contribution in [2.24, 2.45) is 10.9 Å². The molecule has 2 fully saturated rings. The van der Waals surface area contributed by atoms with Gasteiger partial charge in [-0.05, 0) is 56.3 Å². The highest BCUT2D eigenvalue weighted by atomic mass is 127. The standard InChI is InChI=1S/C21H36N6.HI/c1-4-26-11-5-6-19(26)16-25-21(22-3)24-15-18-7-8-20(23-14-18)27-12-9-17(2)10-13-27;/h7-8,14,17,19H,4-6,9-13,15-16H2,1-3H3,(H2,22,24,25);1H. The monoisotopic (exact) mass is 500 g/mol. The van der Waals surface area contributed by atoms with Crippen molar-refractivity contribution in [3.63, 3.8) is 0 Å². The van der Waals surface area contributed by atoms with E-state index in [0.29, 0.717) is 6.04 Å². The van der Waals surface area contributed by atoms with Crippen LogP contribution in [0, 0.1) is 5.92 Å². The van der Waals surface area contributed by atoms with Gasteiger partial charge in [0.25, 0.3) is 0 Å². The lowest BCUT2D eigenvalue weighted by molar-refractivity contribution is 0.267. The molecule has 6 nitrogen and oxygen atoms in total. The third-order valence-corrected chi connectivity index (χ3v) is 6.01. The first-order valence-electron chi connectivity index (χ1n) is 10.6. The highest BCUT2D eigenvalue weighted by Gasteiger charge is 2.22. The molecule has 0 spiro atoms. The topological polar surface area (TPSA) is 55.8 Å². The molecule has 1 atom stereocenters. The average Bonchev–Trinajstić information content (AvgIpc) is 3.17. The fraction of sp³-hybridized carbons (Fsp3) is 0.714. The molecule has 158 valence electrons. The number of guanidine groups is 1. The zero-order valence-corrected chi connectivity index (χ0v) is 20.0. The number of rotatable bonds is 6. The van der Waals surface area contributed by atoms with Gasteiger partial charge in [0.05, 0.1) is 0 Å². The summed E-state index contributed by atoms with van der Waals surface area (Å²) in [6, 6.07) is 4.96. The maximum Gasteiger partial charge on any atom is 0.191 e. The Morgan fingerprint density at radius 2 is 1.96 bits per heavy atom. The van der Waals surface area contributed by atoms with Gasteiger partial charge in [-0.3, -0.25) is 9.89 Å².